The summed E-state index contributed by atoms with van der Waals surface area (Å²) in [5.74, 6) is 0.666. The molecule has 0 amide bonds. The molecule has 2 heterocycles. The summed E-state index contributed by atoms with van der Waals surface area (Å²) < 4.78 is 0. The normalized spacial score (nSPS) is 22.5. The fourth-order valence-corrected chi connectivity index (χ4v) is 4.28. The Morgan fingerprint density at radius 1 is 1.32 bits per heavy atom. The van der Waals surface area contributed by atoms with Gasteiger partial charge in [-0.15, -0.1) is 0 Å². The fourth-order valence-electron chi connectivity index (χ4n) is 4.28. The molecule has 0 bridgehead atoms. The molecule has 1 aromatic heterocycles. The number of fused-ring (bicyclic) bond motifs is 1. The van der Waals surface area contributed by atoms with Crippen molar-refractivity contribution in [2.45, 2.75) is 65.1 Å². The second-order valence-corrected chi connectivity index (χ2v) is 9.41. The number of likely N-dealkylation sites (tertiary alicyclic amines) is 1. The Hall–Kier alpha value is -1.91. The third-order valence-corrected chi connectivity index (χ3v) is 5.80. The van der Waals surface area contributed by atoms with Gasteiger partial charge in [-0.05, 0) is 44.7 Å². The number of aliphatic hydroxyl groups excluding tert-OH is 1. The maximum Gasteiger partial charge on any atom is 0.152 e. The van der Waals surface area contributed by atoms with E-state index >= 15 is 0 Å². The Bertz CT molecular complexity index is 844. The smallest absolute Gasteiger partial charge is 0.152 e. The molecule has 152 valence electrons. The molecule has 4 heteroatoms. The molecule has 2 aromatic rings. The number of carbonyl (C=O) groups is 1. The van der Waals surface area contributed by atoms with Crippen molar-refractivity contribution < 1.29 is 9.90 Å². The van der Waals surface area contributed by atoms with Gasteiger partial charge in [-0.2, -0.15) is 0 Å². The summed E-state index contributed by atoms with van der Waals surface area (Å²) in [4.78, 5) is 18.3. The van der Waals surface area contributed by atoms with Crippen LogP contribution in [0.2, 0.25) is 0 Å². The van der Waals surface area contributed by atoms with E-state index in [-0.39, 0.29) is 17.5 Å². The number of para-hydroxylation sites is 1. The summed E-state index contributed by atoms with van der Waals surface area (Å²) in [5.41, 5.74) is 2.18. The van der Waals surface area contributed by atoms with Gasteiger partial charge in [-0.25, -0.2) is 0 Å². The molecule has 1 saturated heterocycles. The van der Waals surface area contributed by atoms with Crippen LogP contribution in [-0.2, 0) is 11.2 Å². The standard InChI is InChI=1S/C24H34N2O2/c1-16(2)23(28)22-12-17(15-26(22)24(3,4)5)10-11-19(27)13-18-14-25-21-9-7-6-8-20(18)21/h6-11,14,16-17,19,22,25,27H,12-13,15H2,1-5H3/b11-10+/t17-,19?,22+/m1/s1. The number of aromatic amines is 1. The van der Waals surface area contributed by atoms with Gasteiger partial charge in [0.1, 0.15) is 0 Å². The summed E-state index contributed by atoms with van der Waals surface area (Å²) in [7, 11) is 0. The number of aliphatic hydroxyl groups is 1. The monoisotopic (exact) mass is 382 g/mol. The molecule has 1 aromatic carbocycles. The van der Waals surface area contributed by atoms with Crippen molar-refractivity contribution >= 4 is 16.7 Å². The average molecular weight is 383 g/mol. The molecule has 3 atom stereocenters. The van der Waals surface area contributed by atoms with Gasteiger partial charge in [-0.1, -0.05) is 44.2 Å². The summed E-state index contributed by atoms with van der Waals surface area (Å²) >= 11 is 0. The van der Waals surface area contributed by atoms with Gasteiger partial charge >= 0.3 is 0 Å². The van der Waals surface area contributed by atoms with E-state index in [1.807, 2.05) is 44.3 Å². The number of nitrogens with one attached hydrogen (secondary N) is 1. The van der Waals surface area contributed by atoms with Crippen LogP contribution < -0.4 is 0 Å². The lowest BCUT2D eigenvalue weighted by Gasteiger charge is -2.36. The molecule has 1 aliphatic rings. The highest BCUT2D eigenvalue weighted by Crippen LogP contribution is 2.33. The Balaban J connectivity index is 1.67. The van der Waals surface area contributed by atoms with Crippen LogP contribution in [0.4, 0.5) is 0 Å². The Labute approximate surface area is 168 Å². The van der Waals surface area contributed by atoms with E-state index in [9.17, 15) is 9.90 Å². The molecule has 3 rings (SSSR count). The van der Waals surface area contributed by atoms with Gasteiger partial charge < -0.3 is 10.1 Å². The molecule has 0 saturated carbocycles. The van der Waals surface area contributed by atoms with E-state index in [0.717, 1.165) is 29.4 Å². The number of nitrogens with zero attached hydrogens (tertiary/aromatic N) is 1. The van der Waals surface area contributed by atoms with Crippen molar-refractivity contribution in [3.8, 4) is 0 Å². The number of benzene rings is 1. The highest BCUT2D eigenvalue weighted by Gasteiger charge is 2.41. The molecular formula is C24H34N2O2. The molecule has 0 aliphatic carbocycles. The third kappa shape index (κ3) is 4.56. The molecule has 0 spiro atoms. The highest BCUT2D eigenvalue weighted by molar-refractivity contribution is 5.86. The Kier molecular flexibility index (Phi) is 6.11. The van der Waals surface area contributed by atoms with Crippen molar-refractivity contribution in [3.63, 3.8) is 0 Å². The first-order valence-electron chi connectivity index (χ1n) is 10.4. The molecule has 1 fully saturated rings. The first-order chi connectivity index (χ1) is 13.2. The van der Waals surface area contributed by atoms with Crippen LogP contribution in [0.3, 0.4) is 0 Å². The minimum Gasteiger partial charge on any atom is -0.389 e. The summed E-state index contributed by atoms with van der Waals surface area (Å²) in [6.07, 6.45) is 6.91. The lowest BCUT2D eigenvalue weighted by Crippen LogP contribution is -2.48. The number of carbonyl (C=O) groups excluding carboxylic acids is 1. The van der Waals surface area contributed by atoms with E-state index < -0.39 is 6.10 Å². The van der Waals surface area contributed by atoms with Crippen molar-refractivity contribution in [2.75, 3.05) is 6.54 Å². The predicted molar refractivity (Wildman–Crippen MR) is 115 cm³/mol. The van der Waals surface area contributed by atoms with Gasteiger partial charge in [0, 0.05) is 41.5 Å². The molecule has 1 aliphatic heterocycles. The zero-order valence-corrected chi connectivity index (χ0v) is 17.8. The quantitative estimate of drug-likeness (QED) is 0.731. The summed E-state index contributed by atoms with van der Waals surface area (Å²) in [6, 6.07) is 8.13. The van der Waals surface area contributed by atoms with E-state index in [0.29, 0.717) is 18.1 Å². The predicted octanol–water partition coefficient (Wildman–Crippen LogP) is 4.34. The average Bonchev–Trinajstić information content (AvgIpc) is 3.24. The van der Waals surface area contributed by atoms with E-state index in [1.54, 1.807) is 0 Å². The van der Waals surface area contributed by atoms with Gasteiger partial charge in [-0.3, -0.25) is 9.69 Å². The highest BCUT2D eigenvalue weighted by atomic mass is 16.3. The molecular weight excluding hydrogens is 348 g/mol. The minimum atomic E-state index is -0.526. The summed E-state index contributed by atoms with van der Waals surface area (Å²) in [6.45, 7) is 11.3. The van der Waals surface area contributed by atoms with Gasteiger partial charge in [0.25, 0.3) is 0 Å². The van der Waals surface area contributed by atoms with Gasteiger partial charge in [0.2, 0.25) is 0 Å². The van der Waals surface area contributed by atoms with E-state index in [2.05, 4.69) is 42.8 Å². The van der Waals surface area contributed by atoms with Crippen molar-refractivity contribution in [2.24, 2.45) is 11.8 Å². The number of aromatic nitrogens is 1. The van der Waals surface area contributed by atoms with Crippen LogP contribution >= 0.6 is 0 Å². The van der Waals surface area contributed by atoms with Crippen LogP contribution in [-0.4, -0.2) is 45.0 Å². The number of hydrogen-bond acceptors (Lipinski definition) is 3. The zero-order valence-electron chi connectivity index (χ0n) is 17.8. The Morgan fingerprint density at radius 3 is 2.71 bits per heavy atom. The first-order valence-corrected chi connectivity index (χ1v) is 10.4. The Morgan fingerprint density at radius 2 is 2.04 bits per heavy atom. The lowest BCUT2D eigenvalue weighted by molar-refractivity contribution is -0.127. The lowest BCUT2D eigenvalue weighted by atomic mass is 9.94. The number of H-pyrrole nitrogens is 1. The SMILES string of the molecule is CC(C)C(=O)[C@@H]1C[C@@H](/C=C/C(O)Cc2c[nH]c3ccccc23)CN1C(C)(C)C. The maximum atomic E-state index is 12.7. The molecule has 1 unspecified atom stereocenters. The van der Waals surface area contributed by atoms with Crippen LogP contribution in [0, 0.1) is 11.8 Å². The molecule has 28 heavy (non-hydrogen) atoms. The van der Waals surface area contributed by atoms with Crippen LogP contribution in [0.5, 0.6) is 0 Å². The summed E-state index contributed by atoms with van der Waals surface area (Å²) in [5, 5.41) is 11.7. The van der Waals surface area contributed by atoms with E-state index in [4.69, 9.17) is 0 Å². The number of hydrogen-bond donors (Lipinski definition) is 2. The first kappa shape index (κ1) is 20.8. The topological polar surface area (TPSA) is 56.3 Å². The van der Waals surface area contributed by atoms with Crippen LogP contribution in [0.15, 0.2) is 42.6 Å². The second-order valence-electron chi connectivity index (χ2n) is 9.41. The van der Waals surface area contributed by atoms with Crippen molar-refractivity contribution in [1.82, 2.24) is 9.88 Å². The van der Waals surface area contributed by atoms with Gasteiger partial charge in [0.05, 0.1) is 12.1 Å². The number of ketones is 1. The van der Waals surface area contributed by atoms with Gasteiger partial charge in [0.15, 0.2) is 5.78 Å². The van der Waals surface area contributed by atoms with Crippen LogP contribution in [0.1, 0.15) is 46.6 Å². The molecule has 0 radical (unpaired) electrons. The zero-order chi connectivity index (χ0) is 20.5. The molecule has 2 N–H and O–H groups in total. The van der Waals surface area contributed by atoms with E-state index in [1.165, 1.54) is 0 Å². The van der Waals surface area contributed by atoms with Crippen LogP contribution in [0.25, 0.3) is 10.9 Å². The number of Topliss-reactive ketones (excluding diaryl/α,β-unsaturated/α-hetero) is 1. The second kappa shape index (κ2) is 8.22. The van der Waals surface area contributed by atoms with Crippen molar-refractivity contribution in [1.29, 1.82) is 0 Å². The number of rotatable bonds is 6. The third-order valence-electron chi connectivity index (χ3n) is 5.80. The van der Waals surface area contributed by atoms with Crippen molar-refractivity contribution in [3.05, 3.63) is 48.2 Å². The maximum absolute atomic E-state index is 12.7. The largest absolute Gasteiger partial charge is 0.389 e. The minimum absolute atomic E-state index is 0.0274. The molecule has 4 nitrogen and oxygen atoms in total. The fraction of sp³-hybridized carbons (Fsp3) is 0.542.